The lowest BCUT2D eigenvalue weighted by atomic mass is 10.1. The number of benzene rings is 1. The monoisotopic (exact) mass is 446 g/mol. The lowest BCUT2D eigenvalue weighted by Crippen LogP contribution is -2.08. The lowest BCUT2D eigenvalue weighted by molar-refractivity contribution is -0.137. The molecule has 31 heavy (non-hydrogen) atoms. The SMILES string of the molecule is FC(F)(F)c1ccnc(Oc2ccc(CCNc3ncnc4nccnc34)cc2Cl)c1. The maximum atomic E-state index is 12.8. The van der Waals surface area contributed by atoms with Crippen LogP contribution >= 0.6 is 11.6 Å². The highest BCUT2D eigenvalue weighted by atomic mass is 35.5. The lowest BCUT2D eigenvalue weighted by Gasteiger charge is -2.11. The van der Waals surface area contributed by atoms with Crippen LogP contribution in [0.1, 0.15) is 11.1 Å². The Kier molecular flexibility index (Phi) is 5.81. The van der Waals surface area contributed by atoms with E-state index >= 15 is 0 Å². The summed E-state index contributed by atoms with van der Waals surface area (Å²) in [4.78, 5) is 20.4. The Hall–Kier alpha value is -3.53. The summed E-state index contributed by atoms with van der Waals surface area (Å²) in [6, 6.07) is 6.74. The molecule has 7 nitrogen and oxygen atoms in total. The molecule has 3 heterocycles. The molecule has 11 heteroatoms. The Balaban J connectivity index is 1.41. The Bertz CT molecular complexity index is 1220. The molecular formula is C20H14ClF3N6O. The van der Waals surface area contributed by atoms with Crippen molar-refractivity contribution in [2.24, 2.45) is 0 Å². The van der Waals surface area contributed by atoms with Gasteiger partial charge in [-0.05, 0) is 30.2 Å². The minimum Gasteiger partial charge on any atom is -0.437 e. The van der Waals surface area contributed by atoms with Crippen molar-refractivity contribution in [2.45, 2.75) is 12.6 Å². The van der Waals surface area contributed by atoms with Crippen molar-refractivity contribution in [3.05, 3.63) is 71.4 Å². The molecule has 0 atom stereocenters. The number of aromatic nitrogens is 5. The van der Waals surface area contributed by atoms with Gasteiger partial charge in [0.25, 0.3) is 0 Å². The molecule has 4 rings (SSSR count). The molecule has 0 aliphatic heterocycles. The number of halogens is 4. The average Bonchev–Trinajstić information content (AvgIpc) is 2.75. The number of nitrogens with one attached hydrogen (secondary N) is 1. The molecular weight excluding hydrogens is 433 g/mol. The van der Waals surface area contributed by atoms with Crippen LogP contribution in [0, 0.1) is 0 Å². The van der Waals surface area contributed by atoms with Crippen molar-refractivity contribution in [1.82, 2.24) is 24.9 Å². The summed E-state index contributed by atoms with van der Waals surface area (Å²) in [7, 11) is 0. The van der Waals surface area contributed by atoms with Crippen LogP contribution in [0.5, 0.6) is 11.6 Å². The van der Waals surface area contributed by atoms with Crippen molar-refractivity contribution in [2.75, 3.05) is 11.9 Å². The van der Waals surface area contributed by atoms with Gasteiger partial charge in [0.05, 0.1) is 10.6 Å². The van der Waals surface area contributed by atoms with E-state index in [1.54, 1.807) is 30.6 Å². The summed E-state index contributed by atoms with van der Waals surface area (Å²) >= 11 is 6.25. The van der Waals surface area contributed by atoms with Crippen LogP contribution in [-0.4, -0.2) is 31.5 Å². The van der Waals surface area contributed by atoms with Crippen LogP contribution < -0.4 is 10.1 Å². The first-order valence-corrected chi connectivity index (χ1v) is 9.43. The van der Waals surface area contributed by atoms with Gasteiger partial charge in [-0.1, -0.05) is 17.7 Å². The average molecular weight is 447 g/mol. The molecule has 4 aromatic rings. The Labute approximate surface area is 179 Å². The fraction of sp³-hybridized carbons (Fsp3) is 0.150. The van der Waals surface area contributed by atoms with Gasteiger partial charge in [0, 0.05) is 31.2 Å². The predicted molar refractivity (Wildman–Crippen MR) is 108 cm³/mol. The van der Waals surface area contributed by atoms with Gasteiger partial charge in [0.15, 0.2) is 11.5 Å². The molecule has 0 saturated carbocycles. The highest BCUT2D eigenvalue weighted by Crippen LogP contribution is 2.33. The standard InChI is InChI=1S/C20H14ClF3N6O/c21-14-9-12(3-5-27-18-17-19(30-11-29-18)28-8-7-26-17)1-2-15(14)31-16-10-13(4-6-25-16)20(22,23)24/h1-2,4,6-11H,3,5H2,(H,27,28,29,30). The topological polar surface area (TPSA) is 85.7 Å². The van der Waals surface area contributed by atoms with E-state index in [4.69, 9.17) is 16.3 Å². The third-order valence-electron chi connectivity index (χ3n) is 4.25. The van der Waals surface area contributed by atoms with Crippen molar-refractivity contribution in [3.8, 4) is 11.6 Å². The maximum Gasteiger partial charge on any atom is 0.416 e. The van der Waals surface area contributed by atoms with E-state index in [1.807, 2.05) is 0 Å². The van der Waals surface area contributed by atoms with Gasteiger partial charge in [-0.2, -0.15) is 13.2 Å². The van der Waals surface area contributed by atoms with Gasteiger partial charge in [-0.3, -0.25) is 0 Å². The smallest absolute Gasteiger partial charge is 0.416 e. The van der Waals surface area contributed by atoms with E-state index < -0.39 is 11.7 Å². The van der Waals surface area contributed by atoms with Gasteiger partial charge < -0.3 is 10.1 Å². The van der Waals surface area contributed by atoms with Gasteiger partial charge in [0.1, 0.15) is 17.6 Å². The highest BCUT2D eigenvalue weighted by molar-refractivity contribution is 6.32. The van der Waals surface area contributed by atoms with Crippen molar-refractivity contribution >= 4 is 28.6 Å². The molecule has 1 N–H and O–H groups in total. The highest BCUT2D eigenvalue weighted by Gasteiger charge is 2.31. The number of hydrogen-bond acceptors (Lipinski definition) is 7. The number of rotatable bonds is 6. The summed E-state index contributed by atoms with van der Waals surface area (Å²) in [5, 5.41) is 3.45. The van der Waals surface area contributed by atoms with Crippen LogP contribution in [0.25, 0.3) is 11.2 Å². The second-order valence-corrected chi connectivity index (χ2v) is 6.78. The first-order valence-electron chi connectivity index (χ1n) is 9.05. The molecule has 0 bridgehead atoms. The third-order valence-corrected chi connectivity index (χ3v) is 4.54. The normalized spacial score (nSPS) is 11.5. The zero-order chi connectivity index (χ0) is 21.8. The molecule has 1 aromatic carbocycles. The minimum atomic E-state index is -4.48. The Morgan fingerprint density at radius 1 is 0.935 bits per heavy atom. The number of pyridine rings is 1. The van der Waals surface area contributed by atoms with Gasteiger partial charge in [-0.15, -0.1) is 0 Å². The molecule has 0 fully saturated rings. The van der Waals surface area contributed by atoms with E-state index in [2.05, 4.69) is 30.2 Å². The molecule has 0 aliphatic rings. The van der Waals surface area contributed by atoms with E-state index in [1.165, 1.54) is 6.33 Å². The quantitative estimate of drug-likeness (QED) is 0.449. The number of hydrogen-bond donors (Lipinski definition) is 1. The van der Waals surface area contributed by atoms with Crippen LogP contribution in [0.15, 0.2) is 55.2 Å². The Morgan fingerprint density at radius 3 is 2.58 bits per heavy atom. The van der Waals surface area contributed by atoms with E-state index in [0.717, 1.165) is 23.9 Å². The molecule has 0 amide bonds. The number of fused-ring (bicyclic) bond motifs is 1. The van der Waals surface area contributed by atoms with Crippen LogP contribution in [0.4, 0.5) is 19.0 Å². The van der Waals surface area contributed by atoms with Crippen molar-refractivity contribution in [1.29, 1.82) is 0 Å². The third kappa shape index (κ3) is 4.97. The van der Waals surface area contributed by atoms with Crippen molar-refractivity contribution in [3.63, 3.8) is 0 Å². The summed E-state index contributed by atoms with van der Waals surface area (Å²) in [5.41, 5.74) is 1.11. The minimum absolute atomic E-state index is 0.192. The second kappa shape index (κ2) is 8.68. The Morgan fingerprint density at radius 2 is 1.77 bits per heavy atom. The van der Waals surface area contributed by atoms with Crippen LogP contribution in [0.2, 0.25) is 5.02 Å². The van der Waals surface area contributed by atoms with Crippen LogP contribution in [0.3, 0.4) is 0 Å². The van der Waals surface area contributed by atoms with Gasteiger partial charge in [-0.25, -0.2) is 24.9 Å². The number of ether oxygens (including phenoxy) is 1. The molecule has 0 aliphatic carbocycles. The first kappa shape index (κ1) is 20.7. The van der Waals surface area contributed by atoms with Gasteiger partial charge >= 0.3 is 6.18 Å². The zero-order valence-electron chi connectivity index (χ0n) is 15.8. The van der Waals surface area contributed by atoms with Gasteiger partial charge in [0.2, 0.25) is 5.88 Å². The molecule has 3 aromatic heterocycles. The molecule has 0 radical (unpaired) electrons. The second-order valence-electron chi connectivity index (χ2n) is 6.37. The number of anilines is 1. The van der Waals surface area contributed by atoms with Crippen LogP contribution in [-0.2, 0) is 12.6 Å². The molecule has 0 unspecified atom stereocenters. The summed E-state index contributed by atoms with van der Waals surface area (Å²) < 4.78 is 43.9. The summed E-state index contributed by atoms with van der Waals surface area (Å²) in [6.45, 7) is 0.536. The zero-order valence-corrected chi connectivity index (χ0v) is 16.5. The molecule has 158 valence electrons. The number of nitrogens with zero attached hydrogens (tertiary/aromatic N) is 5. The molecule has 0 saturated heterocycles. The van der Waals surface area contributed by atoms with E-state index in [9.17, 15) is 13.2 Å². The van der Waals surface area contributed by atoms with E-state index in [-0.39, 0.29) is 16.7 Å². The van der Waals surface area contributed by atoms with Crippen molar-refractivity contribution < 1.29 is 17.9 Å². The largest absolute Gasteiger partial charge is 0.437 e. The maximum absolute atomic E-state index is 12.8. The number of alkyl halides is 3. The predicted octanol–water partition coefficient (Wildman–Crippen LogP) is 4.93. The fourth-order valence-electron chi connectivity index (χ4n) is 2.79. The molecule has 0 spiro atoms. The van der Waals surface area contributed by atoms with E-state index in [0.29, 0.717) is 29.9 Å². The fourth-order valence-corrected chi connectivity index (χ4v) is 3.03. The summed E-state index contributed by atoms with van der Waals surface area (Å²) in [6.07, 6.45) is 1.68. The summed E-state index contributed by atoms with van der Waals surface area (Å²) in [5.74, 6) is 0.588. The first-order chi connectivity index (χ1) is 14.9.